The molecule has 1 amide bonds. The van der Waals surface area contributed by atoms with Gasteiger partial charge in [0.15, 0.2) is 0 Å². The highest BCUT2D eigenvalue weighted by molar-refractivity contribution is 7.99. The standard InChI is InChI=1S/C13H17ClN2OS/c1-18-10-13(17)16-7-5-15(6-8-16)12-4-2-3-11(14)9-12/h2-4,9H,5-8,10H2,1H3. The zero-order chi connectivity index (χ0) is 13.0. The second-order valence-corrected chi connectivity index (χ2v) is 5.58. The third kappa shape index (κ3) is 3.33. The number of piperazine rings is 1. The van der Waals surface area contributed by atoms with Crippen LogP contribution in [0, 0.1) is 0 Å². The highest BCUT2D eigenvalue weighted by Gasteiger charge is 2.20. The summed E-state index contributed by atoms with van der Waals surface area (Å²) in [5.74, 6) is 0.824. The van der Waals surface area contributed by atoms with Gasteiger partial charge in [0.2, 0.25) is 5.91 Å². The third-order valence-electron chi connectivity index (χ3n) is 3.07. The lowest BCUT2D eigenvalue weighted by Crippen LogP contribution is -2.49. The predicted molar refractivity (Wildman–Crippen MR) is 78.6 cm³/mol. The van der Waals surface area contributed by atoms with Gasteiger partial charge in [-0.25, -0.2) is 0 Å². The van der Waals surface area contributed by atoms with Gasteiger partial charge >= 0.3 is 0 Å². The minimum Gasteiger partial charge on any atom is -0.368 e. The molecule has 18 heavy (non-hydrogen) atoms. The summed E-state index contributed by atoms with van der Waals surface area (Å²) in [5.41, 5.74) is 1.14. The van der Waals surface area contributed by atoms with Gasteiger partial charge in [0, 0.05) is 36.9 Å². The summed E-state index contributed by atoms with van der Waals surface area (Å²) in [5, 5.41) is 0.758. The molecule has 1 aromatic carbocycles. The highest BCUT2D eigenvalue weighted by Crippen LogP contribution is 2.20. The molecule has 1 heterocycles. The molecule has 5 heteroatoms. The van der Waals surface area contributed by atoms with E-state index in [2.05, 4.69) is 11.0 Å². The van der Waals surface area contributed by atoms with Gasteiger partial charge in [-0.2, -0.15) is 11.8 Å². The number of halogens is 1. The van der Waals surface area contributed by atoms with Crippen molar-refractivity contribution in [3.63, 3.8) is 0 Å². The number of nitrogens with zero attached hydrogens (tertiary/aromatic N) is 2. The van der Waals surface area contributed by atoms with Crippen molar-refractivity contribution in [1.82, 2.24) is 4.90 Å². The van der Waals surface area contributed by atoms with Crippen LogP contribution in [0.5, 0.6) is 0 Å². The van der Waals surface area contributed by atoms with Gasteiger partial charge in [-0.1, -0.05) is 17.7 Å². The maximum atomic E-state index is 11.8. The summed E-state index contributed by atoms with van der Waals surface area (Å²) < 4.78 is 0. The fraction of sp³-hybridized carbons (Fsp3) is 0.462. The van der Waals surface area contributed by atoms with Crippen molar-refractivity contribution in [3.05, 3.63) is 29.3 Å². The number of anilines is 1. The molecule has 3 nitrogen and oxygen atoms in total. The minimum absolute atomic E-state index is 0.244. The highest BCUT2D eigenvalue weighted by atomic mass is 35.5. The van der Waals surface area contributed by atoms with Crippen molar-refractivity contribution >= 4 is 35.0 Å². The van der Waals surface area contributed by atoms with Crippen LogP contribution in [-0.4, -0.2) is 49.0 Å². The quantitative estimate of drug-likeness (QED) is 0.851. The van der Waals surface area contributed by atoms with Gasteiger partial charge in [-0.3, -0.25) is 4.79 Å². The molecule has 1 aliphatic heterocycles. The largest absolute Gasteiger partial charge is 0.368 e. The lowest BCUT2D eigenvalue weighted by molar-refractivity contribution is -0.128. The number of thioether (sulfide) groups is 1. The molecule has 0 aromatic heterocycles. The summed E-state index contributed by atoms with van der Waals surface area (Å²) >= 11 is 7.57. The molecule has 0 bridgehead atoms. The van der Waals surface area contributed by atoms with E-state index in [1.54, 1.807) is 11.8 Å². The van der Waals surface area contributed by atoms with Gasteiger partial charge in [-0.05, 0) is 24.5 Å². The van der Waals surface area contributed by atoms with Crippen molar-refractivity contribution in [2.24, 2.45) is 0 Å². The first-order valence-electron chi connectivity index (χ1n) is 5.98. The average molecular weight is 285 g/mol. The fourth-order valence-electron chi connectivity index (χ4n) is 2.10. The topological polar surface area (TPSA) is 23.6 Å². The van der Waals surface area contributed by atoms with Crippen molar-refractivity contribution in [2.75, 3.05) is 43.1 Å². The molecule has 0 N–H and O–H groups in total. The van der Waals surface area contributed by atoms with E-state index in [-0.39, 0.29) is 5.91 Å². The summed E-state index contributed by atoms with van der Waals surface area (Å²) in [4.78, 5) is 16.0. The van der Waals surface area contributed by atoms with Gasteiger partial charge in [-0.15, -0.1) is 0 Å². The Bertz CT molecular complexity index is 419. The number of carbonyl (C=O) groups excluding carboxylic acids is 1. The van der Waals surface area contributed by atoms with Crippen LogP contribution >= 0.6 is 23.4 Å². The molecule has 1 fully saturated rings. The first kappa shape index (κ1) is 13.6. The van der Waals surface area contributed by atoms with E-state index >= 15 is 0 Å². The summed E-state index contributed by atoms with van der Waals surface area (Å²) in [7, 11) is 0. The fourth-order valence-corrected chi connectivity index (χ4v) is 2.72. The van der Waals surface area contributed by atoms with Crippen LogP contribution in [0.25, 0.3) is 0 Å². The Morgan fingerprint density at radius 3 is 2.67 bits per heavy atom. The van der Waals surface area contributed by atoms with Gasteiger partial charge < -0.3 is 9.80 Å². The molecule has 1 saturated heterocycles. The zero-order valence-corrected chi connectivity index (χ0v) is 12.0. The predicted octanol–water partition coefficient (Wildman–Crippen LogP) is 2.35. The Hall–Kier alpha value is -0.870. The Labute approximate surface area is 117 Å². The minimum atomic E-state index is 0.244. The second-order valence-electron chi connectivity index (χ2n) is 4.28. The summed E-state index contributed by atoms with van der Waals surface area (Å²) in [6.45, 7) is 3.35. The van der Waals surface area contributed by atoms with Crippen molar-refractivity contribution < 1.29 is 4.79 Å². The van der Waals surface area contributed by atoms with E-state index in [0.717, 1.165) is 36.9 Å². The summed E-state index contributed by atoms with van der Waals surface area (Å²) in [6, 6.07) is 7.87. The van der Waals surface area contributed by atoms with Crippen LogP contribution in [0.1, 0.15) is 0 Å². The Balaban J connectivity index is 1.92. The number of rotatable bonds is 3. The van der Waals surface area contributed by atoms with Crippen LogP contribution in [0.15, 0.2) is 24.3 Å². The van der Waals surface area contributed by atoms with Crippen molar-refractivity contribution in [3.8, 4) is 0 Å². The van der Waals surface area contributed by atoms with Crippen LogP contribution in [-0.2, 0) is 4.79 Å². The van der Waals surface area contributed by atoms with Gasteiger partial charge in [0.25, 0.3) is 0 Å². The zero-order valence-electron chi connectivity index (χ0n) is 10.4. The van der Waals surface area contributed by atoms with E-state index in [1.165, 1.54) is 0 Å². The van der Waals surface area contributed by atoms with Crippen LogP contribution in [0.3, 0.4) is 0 Å². The first-order valence-corrected chi connectivity index (χ1v) is 7.75. The molecular formula is C13H17ClN2OS. The first-order chi connectivity index (χ1) is 8.70. The Kier molecular flexibility index (Phi) is 4.78. The summed E-state index contributed by atoms with van der Waals surface area (Å²) in [6.07, 6.45) is 1.96. The molecule has 0 aliphatic carbocycles. The molecular weight excluding hydrogens is 268 g/mol. The molecule has 2 rings (SSSR count). The molecule has 1 aromatic rings. The van der Waals surface area contributed by atoms with Gasteiger partial charge in [0.1, 0.15) is 0 Å². The van der Waals surface area contributed by atoms with Crippen LogP contribution < -0.4 is 4.90 Å². The normalized spacial score (nSPS) is 15.9. The second kappa shape index (κ2) is 6.34. The van der Waals surface area contributed by atoms with E-state index in [9.17, 15) is 4.79 Å². The maximum absolute atomic E-state index is 11.8. The number of benzene rings is 1. The average Bonchev–Trinajstić information content (AvgIpc) is 2.39. The number of amides is 1. The Morgan fingerprint density at radius 2 is 2.06 bits per heavy atom. The van der Waals surface area contributed by atoms with E-state index in [4.69, 9.17) is 11.6 Å². The molecule has 0 saturated carbocycles. The van der Waals surface area contributed by atoms with E-state index < -0.39 is 0 Å². The van der Waals surface area contributed by atoms with E-state index in [1.807, 2.05) is 29.4 Å². The molecule has 0 radical (unpaired) electrons. The lowest BCUT2D eigenvalue weighted by atomic mass is 10.2. The van der Waals surface area contributed by atoms with Crippen molar-refractivity contribution in [2.45, 2.75) is 0 Å². The lowest BCUT2D eigenvalue weighted by Gasteiger charge is -2.36. The monoisotopic (exact) mass is 284 g/mol. The maximum Gasteiger partial charge on any atom is 0.232 e. The molecule has 0 unspecified atom stereocenters. The smallest absolute Gasteiger partial charge is 0.232 e. The molecule has 0 spiro atoms. The molecule has 1 aliphatic rings. The van der Waals surface area contributed by atoms with Crippen molar-refractivity contribution in [1.29, 1.82) is 0 Å². The third-order valence-corrected chi connectivity index (χ3v) is 3.84. The van der Waals surface area contributed by atoms with Gasteiger partial charge in [0.05, 0.1) is 5.75 Å². The van der Waals surface area contributed by atoms with Crippen LogP contribution in [0.4, 0.5) is 5.69 Å². The Morgan fingerprint density at radius 1 is 1.33 bits per heavy atom. The molecule has 0 atom stereocenters. The van der Waals surface area contributed by atoms with Crippen LogP contribution in [0.2, 0.25) is 5.02 Å². The van der Waals surface area contributed by atoms with E-state index in [0.29, 0.717) is 5.75 Å². The molecule has 98 valence electrons. The number of hydrogen-bond donors (Lipinski definition) is 0. The number of hydrogen-bond acceptors (Lipinski definition) is 3. The SMILES string of the molecule is CSCC(=O)N1CCN(c2cccc(Cl)c2)CC1. The number of carbonyl (C=O) groups is 1.